The molecule has 2 aromatic heterocycles. The predicted molar refractivity (Wildman–Crippen MR) is 68.8 cm³/mol. The molecule has 0 aliphatic heterocycles. The number of rotatable bonds is 4. The summed E-state index contributed by atoms with van der Waals surface area (Å²) in [6, 6.07) is 4.05. The molecule has 5 heteroatoms. The van der Waals surface area contributed by atoms with Crippen molar-refractivity contribution in [2.45, 2.75) is 29.4 Å². The van der Waals surface area contributed by atoms with Crippen molar-refractivity contribution in [3.63, 3.8) is 0 Å². The number of nitrogens with two attached hydrogens (primary N) is 1. The molecular formula is C12H16N4S. The van der Waals surface area contributed by atoms with Gasteiger partial charge in [-0.05, 0) is 18.6 Å². The lowest BCUT2D eigenvalue weighted by Crippen LogP contribution is -2.10. The third-order valence-electron chi connectivity index (χ3n) is 2.57. The molecular weight excluding hydrogens is 232 g/mol. The second-order valence-electron chi connectivity index (χ2n) is 3.86. The first-order valence-electron chi connectivity index (χ1n) is 5.57. The molecule has 2 heterocycles. The van der Waals surface area contributed by atoms with Crippen LogP contribution >= 0.6 is 11.8 Å². The molecule has 0 radical (unpaired) electrons. The molecule has 90 valence electrons. The molecule has 0 bridgehead atoms. The van der Waals surface area contributed by atoms with Gasteiger partial charge in [0.2, 0.25) is 0 Å². The normalized spacial score (nSPS) is 12.6. The van der Waals surface area contributed by atoms with E-state index in [0.717, 1.165) is 22.2 Å². The Balaban J connectivity index is 2.11. The zero-order valence-corrected chi connectivity index (χ0v) is 10.8. The molecule has 0 saturated heterocycles. The minimum atomic E-state index is 0.0298. The van der Waals surface area contributed by atoms with Crippen LogP contribution in [0.15, 0.2) is 40.8 Å². The zero-order valence-electron chi connectivity index (χ0n) is 10.00. The minimum absolute atomic E-state index is 0.0298. The third-order valence-corrected chi connectivity index (χ3v) is 3.62. The van der Waals surface area contributed by atoms with Crippen LogP contribution in [0.2, 0.25) is 0 Å². The van der Waals surface area contributed by atoms with Gasteiger partial charge in [-0.25, -0.2) is 4.98 Å². The van der Waals surface area contributed by atoms with Gasteiger partial charge >= 0.3 is 0 Å². The van der Waals surface area contributed by atoms with E-state index < -0.39 is 0 Å². The quantitative estimate of drug-likeness (QED) is 0.902. The Morgan fingerprint density at radius 1 is 1.41 bits per heavy atom. The lowest BCUT2D eigenvalue weighted by atomic mass is 10.1. The summed E-state index contributed by atoms with van der Waals surface area (Å²) in [5.74, 6) is 0. The smallest absolute Gasteiger partial charge is 0.172 e. The van der Waals surface area contributed by atoms with E-state index in [1.54, 1.807) is 18.0 Å². The van der Waals surface area contributed by atoms with E-state index in [1.165, 1.54) is 0 Å². The highest BCUT2D eigenvalue weighted by atomic mass is 32.2. The van der Waals surface area contributed by atoms with Crippen LogP contribution in [0.5, 0.6) is 0 Å². The van der Waals surface area contributed by atoms with Crippen molar-refractivity contribution in [3.05, 3.63) is 36.4 Å². The highest BCUT2D eigenvalue weighted by Crippen LogP contribution is 2.25. The molecule has 0 aromatic carbocycles. The van der Waals surface area contributed by atoms with Gasteiger partial charge in [0, 0.05) is 36.6 Å². The number of pyridine rings is 1. The molecule has 2 aromatic rings. The molecule has 2 N–H and O–H groups in total. The zero-order chi connectivity index (χ0) is 12.3. The van der Waals surface area contributed by atoms with E-state index >= 15 is 0 Å². The fourth-order valence-corrected chi connectivity index (χ4v) is 2.21. The number of hydrogen-bond acceptors (Lipinski definition) is 4. The monoisotopic (exact) mass is 248 g/mol. The lowest BCUT2D eigenvalue weighted by Gasteiger charge is -2.08. The molecule has 2 rings (SSSR count). The molecule has 0 aliphatic carbocycles. The van der Waals surface area contributed by atoms with Gasteiger partial charge in [0.05, 0.1) is 5.69 Å². The maximum atomic E-state index is 5.92. The van der Waals surface area contributed by atoms with Crippen molar-refractivity contribution >= 4 is 11.8 Å². The molecule has 0 unspecified atom stereocenters. The van der Waals surface area contributed by atoms with Gasteiger partial charge < -0.3 is 10.3 Å². The Labute approximate surface area is 105 Å². The maximum absolute atomic E-state index is 5.92. The molecule has 0 saturated carbocycles. The van der Waals surface area contributed by atoms with Crippen LogP contribution in [0.3, 0.4) is 0 Å². The van der Waals surface area contributed by atoms with Gasteiger partial charge in [0.25, 0.3) is 0 Å². The standard InChI is InChI=1S/C12H16N4S/c1-3-10(13)11-5-4-9(8-15-11)17-12-14-6-7-16(12)2/h4-8,10H,3,13H2,1-2H3/t10-/m0/s1. The third kappa shape index (κ3) is 2.87. The topological polar surface area (TPSA) is 56.7 Å². The van der Waals surface area contributed by atoms with E-state index in [2.05, 4.69) is 16.9 Å². The second kappa shape index (κ2) is 5.33. The summed E-state index contributed by atoms with van der Waals surface area (Å²) in [5, 5.41) is 0.958. The first-order chi connectivity index (χ1) is 8.20. The molecule has 0 fully saturated rings. The Bertz CT molecular complexity index is 478. The van der Waals surface area contributed by atoms with Crippen LogP contribution in [0.4, 0.5) is 0 Å². The van der Waals surface area contributed by atoms with Gasteiger partial charge in [0.1, 0.15) is 0 Å². The van der Waals surface area contributed by atoms with E-state index in [9.17, 15) is 0 Å². The summed E-state index contributed by atoms with van der Waals surface area (Å²) in [7, 11) is 1.98. The van der Waals surface area contributed by atoms with Crippen LogP contribution in [-0.2, 0) is 7.05 Å². The molecule has 0 aliphatic rings. The lowest BCUT2D eigenvalue weighted by molar-refractivity contribution is 0.674. The first kappa shape index (κ1) is 12.1. The maximum Gasteiger partial charge on any atom is 0.172 e. The molecule has 0 amide bonds. The average Bonchev–Trinajstić information content (AvgIpc) is 2.75. The Kier molecular flexibility index (Phi) is 3.81. The summed E-state index contributed by atoms with van der Waals surface area (Å²) in [4.78, 5) is 9.71. The fraction of sp³-hybridized carbons (Fsp3) is 0.333. The summed E-state index contributed by atoms with van der Waals surface area (Å²) in [5.41, 5.74) is 6.86. The minimum Gasteiger partial charge on any atom is -0.329 e. The molecule has 1 atom stereocenters. The van der Waals surface area contributed by atoms with Crippen molar-refractivity contribution in [2.75, 3.05) is 0 Å². The van der Waals surface area contributed by atoms with Gasteiger partial charge in [-0.15, -0.1) is 0 Å². The molecule has 4 nitrogen and oxygen atoms in total. The molecule has 0 spiro atoms. The highest BCUT2D eigenvalue weighted by Gasteiger charge is 2.06. The van der Waals surface area contributed by atoms with Crippen LogP contribution in [0.25, 0.3) is 0 Å². The van der Waals surface area contributed by atoms with Crippen molar-refractivity contribution in [3.8, 4) is 0 Å². The van der Waals surface area contributed by atoms with Crippen LogP contribution < -0.4 is 5.73 Å². The van der Waals surface area contributed by atoms with Crippen molar-refractivity contribution in [2.24, 2.45) is 12.8 Å². The Morgan fingerprint density at radius 3 is 2.76 bits per heavy atom. The van der Waals surface area contributed by atoms with E-state index in [4.69, 9.17) is 5.73 Å². The second-order valence-corrected chi connectivity index (χ2v) is 4.90. The molecule has 17 heavy (non-hydrogen) atoms. The largest absolute Gasteiger partial charge is 0.329 e. The van der Waals surface area contributed by atoms with Crippen LogP contribution in [-0.4, -0.2) is 14.5 Å². The van der Waals surface area contributed by atoms with Gasteiger partial charge in [-0.1, -0.05) is 18.7 Å². The SMILES string of the molecule is CC[C@H](N)c1ccc(Sc2nccn2C)cn1. The number of aryl methyl sites for hydroxylation is 1. The van der Waals surface area contributed by atoms with Crippen molar-refractivity contribution in [1.82, 2.24) is 14.5 Å². The van der Waals surface area contributed by atoms with Crippen molar-refractivity contribution < 1.29 is 0 Å². The van der Waals surface area contributed by atoms with Gasteiger partial charge in [-0.2, -0.15) is 0 Å². The summed E-state index contributed by atoms with van der Waals surface area (Å²) in [6.45, 7) is 2.06. The first-order valence-corrected chi connectivity index (χ1v) is 6.39. The number of imidazole rings is 1. The summed E-state index contributed by atoms with van der Waals surface area (Å²) < 4.78 is 1.98. The Hall–Kier alpha value is -1.33. The summed E-state index contributed by atoms with van der Waals surface area (Å²) >= 11 is 1.60. The van der Waals surface area contributed by atoms with E-state index in [-0.39, 0.29) is 6.04 Å². The van der Waals surface area contributed by atoms with Crippen molar-refractivity contribution in [1.29, 1.82) is 0 Å². The van der Waals surface area contributed by atoms with Crippen LogP contribution in [0.1, 0.15) is 25.1 Å². The summed E-state index contributed by atoms with van der Waals surface area (Å²) in [6.07, 6.45) is 6.47. The Morgan fingerprint density at radius 2 is 2.24 bits per heavy atom. The van der Waals surface area contributed by atoms with E-state index in [1.807, 2.05) is 36.1 Å². The highest BCUT2D eigenvalue weighted by molar-refractivity contribution is 7.99. The predicted octanol–water partition coefficient (Wildman–Crippen LogP) is 2.38. The fourth-order valence-electron chi connectivity index (χ4n) is 1.44. The number of aromatic nitrogens is 3. The van der Waals surface area contributed by atoms with E-state index in [0.29, 0.717) is 0 Å². The number of nitrogens with zero attached hydrogens (tertiary/aromatic N) is 3. The van der Waals surface area contributed by atoms with Gasteiger partial charge in [0.15, 0.2) is 5.16 Å². The van der Waals surface area contributed by atoms with Gasteiger partial charge in [-0.3, -0.25) is 4.98 Å². The average molecular weight is 248 g/mol. The number of hydrogen-bond donors (Lipinski definition) is 1. The van der Waals surface area contributed by atoms with Crippen LogP contribution in [0, 0.1) is 0 Å².